The van der Waals surface area contributed by atoms with Crippen LogP contribution in [0.2, 0.25) is 0 Å². The van der Waals surface area contributed by atoms with Gasteiger partial charge >= 0.3 is 5.97 Å². The zero-order chi connectivity index (χ0) is 15.1. The molecule has 0 aromatic rings. The van der Waals surface area contributed by atoms with Crippen molar-refractivity contribution in [3.63, 3.8) is 0 Å². The minimum atomic E-state index is -0.905. The van der Waals surface area contributed by atoms with Crippen molar-refractivity contribution in [2.45, 2.75) is 52.0 Å². The van der Waals surface area contributed by atoms with Crippen LogP contribution >= 0.6 is 0 Å². The highest BCUT2D eigenvalue weighted by Crippen LogP contribution is 2.31. The smallest absolute Gasteiger partial charge is 0.307 e. The number of rotatable bonds is 7. The maximum absolute atomic E-state index is 11.9. The molecule has 1 unspecified atom stereocenters. The molecular weight excluding hydrogens is 260 g/mol. The average molecular weight is 284 g/mol. The molecule has 0 heterocycles. The summed E-state index contributed by atoms with van der Waals surface area (Å²) in [6, 6.07) is 0.129. The first-order valence-corrected chi connectivity index (χ1v) is 7.25. The number of hydrogen-bond acceptors (Lipinski definition) is 3. The van der Waals surface area contributed by atoms with Crippen molar-refractivity contribution in [2.24, 2.45) is 11.8 Å². The quantitative estimate of drug-likeness (QED) is 0.647. The topological polar surface area (TPSA) is 95.5 Å². The molecule has 0 radical (unpaired) electrons. The highest BCUT2D eigenvalue weighted by atomic mass is 16.4. The van der Waals surface area contributed by atoms with Crippen LogP contribution in [-0.4, -0.2) is 35.5 Å². The lowest BCUT2D eigenvalue weighted by atomic mass is 9.95. The van der Waals surface area contributed by atoms with E-state index in [1.54, 1.807) is 0 Å². The number of carbonyl (C=O) groups excluding carboxylic acids is 2. The van der Waals surface area contributed by atoms with Crippen LogP contribution in [0.25, 0.3) is 0 Å². The molecule has 6 nitrogen and oxygen atoms in total. The van der Waals surface area contributed by atoms with E-state index in [0.717, 1.165) is 12.8 Å². The van der Waals surface area contributed by atoms with Gasteiger partial charge < -0.3 is 15.7 Å². The van der Waals surface area contributed by atoms with Gasteiger partial charge in [-0.3, -0.25) is 14.4 Å². The number of hydrogen-bond donors (Lipinski definition) is 3. The van der Waals surface area contributed by atoms with Gasteiger partial charge in [-0.1, -0.05) is 13.3 Å². The van der Waals surface area contributed by atoms with Gasteiger partial charge in [0, 0.05) is 19.0 Å². The summed E-state index contributed by atoms with van der Waals surface area (Å²) >= 11 is 0. The second kappa shape index (κ2) is 7.87. The Morgan fingerprint density at radius 2 is 1.90 bits per heavy atom. The van der Waals surface area contributed by atoms with Crippen molar-refractivity contribution < 1.29 is 19.5 Å². The van der Waals surface area contributed by atoms with Gasteiger partial charge in [0.2, 0.25) is 11.8 Å². The number of nitrogens with one attached hydrogen (secondary N) is 2. The van der Waals surface area contributed by atoms with E-state index < -0.39 is 17.8 Å². The largest absolute Gasteiger partial charge is 0.481 e. The number of carboxylic acid groups (broad SMARTS) is 1. The van der Waals surface area contributed by atoms with Crippen LogP contribution in [0.4, 0.5) is 0 Å². The van der Waals surface area contributed by atoms with E-state index in [1.807, 2.05) is 13.8 Å². The maximum Gasteiger partial charge on any atom is 0.307 e. The standard InChI is InChI=1S/C14H24N2O4/c1-3-9(2)16-12(17)7-8-15-13(18)10-5-4-6-11(10)14(19)20/h9-11H,3-8H2,1-2H3,(H,15,18)(H,16,17)(H,19,20)/t9?,10-,11+/m1/s1. The zero-order valence-electron chi connectivity index (χ0n) is 12.1. The van der Waals surface area contributed by atoms with Gasteiger partial charge in [-0.05, 0) is 26.2 Å². The first kappa shape index (κ1) is 16.5. The summed E-state index contributed by atoms with van der Waals surface area (Å²) < 4.78 is 0. The molecule has 1 rings (SSSR count). The Morgan fingerprint density at radius 3 is 2.50 bits per heavy atom. The molecule has 0 aromatic carbocycles. The van der Waals surface area contributed by atoms with Crippen LogP contribution < -0.4 is 10.6 Å². The molecule has 0 bridgehead atoms. The number of carboxylic acids is 1. The summed E-state index contributed by atoms with van der Waals surface area (Å²) in [6.45, 7) is 4.16. The Labute approximate surface area is 119 Å². The molecule has 114 valence electrons. The number of amides is 2. The van der Waals surface area contributed by atoms with Gasteiger partial charge in [0.25, 0.3) is 0 Å². The van der Waals surface area contributed by atoms with Crippen molar-refractivity contribution in [3.05, 3.63) is 0 Å². The van der Waals surface area contributed by atoms with Crippen molar-refractivity contribution in [2.75, 3.05) is 6.54 Å². The van der Waals surface area contributed by atoms with Crippen LogP contribution in [0, 0.1) is 11.8 Å². The molecule has 1 aliphatic carbocycles. The molecule has 1 aliphatic rings. The lowest BCUT2D eigenvalue weighted by Gasteiger charge is -2.16. The van der Waals surface area contributed by atoms with Crippen molar-refractivity contribution in [1.29, 1.82) is 0 Å². The summed E-state index contributed by atoms with van der Waals surface area (Å²) in [5, 5.41) is 14.5. The van der Waals surface area contributed by atoms with Gasteiger partial charge in [-0.2, -0.15) is 0 Å². The lowest BCUT2D eigenvalue weighted by molar-refractivity contribution is -0.146. The van der Waals surface area contributed by atoms with E-state index in [9.17, 15) is 14.4 Å². The Balaban J connectivity index is 2.29. The van der Waals surface area contributed by atoms with Gasteiger partial charge in [0.1, 0.15) is 0 Å². The van der Waals surface area contributed by atoms with Crippen LogP contribution in [0.1, 0.15) is 46.0 Å². The summed E-state index contributed by atoms with van der Waals surface area (Å²) in [4.78, 5) is 34.5. The summed E-state index contributed by atoms with van der Waals surface area (Å²) in [5.74, 6) is -2.28. The number of carbonyl (C=O) groups is 3. The second-order valence-corrected chi connectivity index (χ2v) is 5.40. The zero-order valence-corrected chi connectivity index (χ0v) is 12.1. The third-order valence-corrected chi connectivity index (χ3v) is 3.84. The molecule has 3 N–H and O–H groups in total. The van der Waals surface area contributed by atoms with E-state index >= 15 is 0 Å². The minimum Gasteiger partial charge on any atom is -0.481 e. The van der Waals surface area contributed by atoms with Crippen LogP contribution in [-0.2, 0) is 14.4 Å². The molecule has 1 fully saturated rings. The Morgan fingerprint density at radius 1 is 1.25 bits per heavy atom. The average Bonchev–Trinajstić information content (AvgIpc) is 2.87. The third-order valence-electron chi connectivity index (χ3n) is 3.84. The maximum atomic E-state index is 11.9. The van der Waals surface area contributed by atoms with E-state index in [-0.39, 0.29) is 30.8 Å². The Kier molecular flexibility index (Phi) is 6.48. The Bertz CT molecular complexity index is 370. The lowest BCUT2D eigenvalue weighted by Crippen LogP contribution is -2.38. The Hall–Kier alpha value is -1.59. The van der Waals surface area contributed by atoms with Gasteiger partial charge in [0.05, 0.1) is 11.8 Å². The SMILES string of the molecule is CCC(C)NC(=O)CCNC(=O)[C@@H]1CCC[C@@H]1C(=O)O. The van der Waals surface area contributed by atoms with E-state index in [0.29, 0.717) is 12.8 Å². The van der Waals surface area contributed by atoms with Crippen molar-refractivity contribution in [3.8, 4) is 0 Å². The van der Waals surface area contributed by atoms with E-state index in [1.165, 1.54) is 0 Å². The molecule has 0 saturated heterocycles. The fourth-order valence-corrected chi connectivity index (χ4v) is 2.45. The molecule has 0 aromatic heterocycles. The molecule has 3 atom stereocenters. The first-order chi connectivity index (χ1) is 9.45. The molecular formula is C14H24N2O4. The highest BCUT2D eigenvalue weighted by molar-refractivity contribution is 5.85. The minimum absolute atomic E-state index is 0.0964. The van der Waals surface area contributed by atoms with Crippen LogP contribution in [0.3, 0.4) is 0 Å². The summed E-state index contributed by atoms with van der Waals surface area (Å²) in [7, 11) is 0. The van der Waals surface area contributed by atoms with E-state index in [2.05, 4.69) is 10.6 Å². The van der Waals surface area contributed by atoms with Gasteiger partial charge in [0.15, 0.2) is 0 Å². The van der Waals surface area contributed by atoms with Gasteiger partial charge in [-0.15, -0.1) is 0 Å². The van der Waals surface area contributed by atoms with Crippen LogP contribution in [0.15, 0.2) is 0 Å². The predicted molar refractivity (Wildman–Crippen MR) is 74.0 cm³/mol. The summed E-state index contributed by atoms with van der Waals surface area (Å²) in [6.07, 6.45) is 3.02. The molecule has 20 heavy (non-hydrogen) atoms. The second-order valence-electron chi connectivity index (χ2n) is 5.40. The van der Waals surface area contributed by atoms with Crippen molar-refractivity contribution >= 4 is 17.8 Å². The monoisotopic (exact) mass is 284 g/mol. The van der Waals surface area contributed by atoms with E-state index in [4.69, 9.17) is 5.11 Å². The van der Waals surface area contributed by atoms with Crippen molar-refractivity contribution in [1.82, 2.24) is 10.6 Å². The summed E-state index contributed by atoms with van der Waals surface area (Å²) in [5.41, 5.74) is 0. The molecule has 1 saturated carbocycles. The normalized spacial score (nSPS) is 23.1. The number of aliphatic carboxylic acids is 1. The van der Waals surface area contributed by atoms with Gasteiger partial charge in [-0.25, -0.2) is 0 Å². The first-order valence-electron chi connectivity index (χ1n) is 7.25. The predicted octanol–water partition coefficient (Wildman–Crippen LogP) is 0.908. The molecule has 0 spiro atoms. The molecule has 0 aliphatic heterocycles. The van der Waals surface area contributed by atoms with Crippen LogP contribution in [0.5, 0.6) is 0 Å². The molecule has 2 amide bonds. The fraction of sp³-hybridized carbons (Fsp3) is 0.786. The third kappa shape index (κ3) is 4.83. The highest BCUT2D eigenvalue weighted by Gasteiger charge is 2.37. The molecule has 6 heteroatoms. The fourth-order valence-electron chi connectivity index (χ4n) is 2.45.